The van der Waals surface area contributed by atoms with Gasteiger partial charge in [0.25, 0.3) is 0 Å². The average Bonchev–Trinajstić information content (AvgIpc) is 2.29. The van der Waals surface area contributed by atoms with Crippen molar-refractivity contribution in [2.45, 2.75) is 50.6 Å². The van der Waals surface area contributed by atoms with Crippen LogP contribution in [0.5, 0.6) is 0 Å². The van der Waals surface area contributed by atoms with E-state index in [4.69, 9.17) is 10.5 Å². The molecule has 0 aromatic carbocycles. The summed E-state index contributed by atoms with van der Waals surface area (Å²) in [6.45, 7) is 3.11. The number of rotatable bonds is 6. The Hall–Kier alpha value is -0.650. The first kappa shape index (κ1) is 14.4. The van der Waals surface area contributed by atoms with Gasteiger partial charge in [-0.15, -0.1) is 0 Å². The van der Waals surface area contributed by atoms with E-state index in [1.807, 2.05) is 6.92 Å². The number of carbonyl (C=O) groups is 1. The van der Waals surface area contributed by atoms with Gasteiger partial charge in [0.05, 0.1) is 12.1 Å². The standard InChI is InChI=1S/C12H24N2O3/c1-10(13)3-2-4-11(16)14-12(9-15)5-7-17-8-6-12/h10,15H,2-9,13H2,1H3,(H,14,16). The number of carbonyl (C=O) groups excluding carboxylic acids is 1. The lowest BCUT2D eigenvalue weighted by molar-refractivity contribution is -0.125. The van der Waals surface area contributed by atoms with Gasteiger partial charge in [-0.25, -0.2) is 0 Å². The Bertz CT molecular complexity index is 238. The highest BCUT2D eigenvalue weighted by Crippen LogP contribution is 2.20. The summed E-state index contributed by atoms with van der Waals surface area (Å²) < 4.78 is 5.24. The summed E-state index contributed by atoms with van der Waals surface area (Å²) in [6, 6.07) is 0.137. The Labute approximate surface area is 103 Å². The third-order valence-electron chi connectivity index (χ3n) is 3.22. The first-order chi connectivity index (χ1) is 8.08. The lowest BCUT2D eigenvalue weighted by Gasteiger charge is -2.36. The normalized spacial score (nSPS) is 20.9. The van der Waals surface area contributed by atoms with Crippen LogP contribution in [0.15, 0.2) is 0 Å². The van der Waals surface area contributed by atoms with Crippen LogP contribution in [0.3, 0.4) is 0 Å². The van der Waals surface area contributed by atoms with Crippen molar-refractivity contribution in [2.75, 3.05) is 19.8 Å². The van der Waals surface area contributed by atoms with Gasteiger partial charge in [-0.05, 0) is 32.6 Å². The van der Waals surface area contributed by atoms with Crippen LogP contribution in [0.4, 0.5) is 0 Å². The molecule has 5 nitrogen and oxygen atoms in total. The van der Waals surface area contributed by atoms with E-state index in [0.717, 1.165) is 12.8 Å². The first-order valence-corrected chi connectivity index (χ1v) is 6.33. The highest BCUT2D eigenvalue weighted by Gasteiger charge is 2.33. The second-order valence-electron chi connectivity index (χ2n) is 4.97. The molecule has 4 N–H and O–H groups in total. The van der Waals surface area contributed by atoms with Crippen molar-refractivity contribution < 1.29 is 14.6 Å². The van der Waals surface area contributed by atoms with Crippen LogP contribution in [0.1, 0.15) is 39.0 Å². The topological polar surface area (TPSA) is 84.6 Å². The van der Waals surface area contributed by atoms with Gasteiger partial charge in [-0.3, -0.25) is 4.79 Å². The highest BCUT2D eigenvalue weighted by atomic mass is 16.5. The van der Waals surface area contributed by atoms with Crippen LogP contribution in [-0.4, -0.2) is 42.4 Å². The van der Waals surface area contributed by atoms with Crippen molar-refractivity contribution in [1.82, 2.24) is 5.32 Å². The Morgan fingerprint density at radius 1 is 1.53 bits per heavy atom. The molecule has 1 aliphatic rings. The molecule has 1 fully saturated rings. The Balaban J connectivity index is 2.32. The number of amides is 1. The second kappa shape index (κ2) is 6.93. The van der Waals surface area contributed by atoms with Gasteiger partial charge >= 0.3 is 0 Å². The minimum Gasteiger partial charge on any atom is -0.394 e. The van der Waals surface area contributed by atoms with Gasteiger partial charge in [0.15, 0.2) is 0 Å². The predicted molar refractivity (Wildman–Crippen MR) is 65.5 cm³/mol. The molecule has 0 aromatic rings. The maximum atomic E-state index is 11.8. The minimum absolute atomic E-state index is 0.00148. The van der Waals surface area contributed by atoms with Crippen LogP contribution in [-0.2, 0) is 9.53 Å². The summed E-state index contributed by atoms with van der Waals surface area (Å²) in [7, 11) is 0. The molecule has 0 spiro atoms. The summed E-state index contributed by atoms with van der Waals surface area (Å²) in [5, 5.41) is 12.4. The van der Waals surface area contributed by atoms with Crippen molar-refractivity contribution in [2.24, 2.45) is 5.73 Å². The minimum atomic E-state index is -0.469. The molecule has 100 valence electrons. The average molecular weight is 244 g/mol. The van der Waals surface area contributed by atoms with E-state index in [0.29, 0.717) is 32.5 Å². The Morgan fingerprint density at radius 3 is 2.71 bits per heavy atom. The van der Waals surface area contributed by atoms with Crippen molar-refractivity contribution in [3.05, 3.63) is 0 Å². The molecule has 1 rings (SSSR count). The maximum absolute atomic E-state index is 11.8. The molecule has 0 aromatic heterocycles. The van der Waals surface area contributed by atoms with Gasteiger partial charge in [0, 0.05) is 25.7 Å². The van der Waals surface area contributed by atoms with Crippen LogP contribution in [0, 0.1) is 0 Å². The zero-order valence-electron chi connectivity index (χ0n) is 10.6. The molecule has 0 saturated carbocycles. The number of hydrogen-bond donors (Lipinski definition) is 3. The van der Waals surface area contributed by atoms with E-state index >= 15 is 0 Å². The summed E-state index contributed by atoms with van der Waals surface area (Å²) in [5.41, 5.74) is 5.16. The molecule has 1 unspecified atom stereocenters. The number of nitrogens with one attached hydrogen (secondary N) is 1. The molecule has 1 aliphatic heterocycles. The first-order valence-electron chi connectivity index (χ1n) is 6.33. The van der Waals surface area contributed by atoms with E-state index in [2.05, 4.69) is 5.32 Å². The fraction of sp³-hybridized carbons (Fsp3) is 0.917. The summed E-state index contributed by atoms with van der Waals surface area (Å²) in [5.74, 6) is 0.00148. The molecule has 17 heavy (non-hydrogen) atoms. The van der Waals surface area contributed by atoms with Crippen LogP contribution in [0.2, 0.25) is 0 Å². The number of aliphatic hydroxyl groups excluding tert-OH is 1. The predicted octanol–water partition coefficient (Wildman–Crippen LogP) is 0.162. The molecule has 1 amide bonds. The van der Waals surface area contributed by atoms with Gasteiger partial charge in [0.2, 0.25) is 5.91 Å². The van der Waals surface area contributed by atoms with E-state index in [9.17, 15) is 9.90 Å². The largest absolute Gasteiger partial charge is 0.394 e. The van der Waals surface area contributed by atoms with Gasteiger partial charge in [-0.1, -0.05) is 0 Å². The molecule has 1 heterocycles. The molecule has 0 bridgehead atoms. The van der Waals surface area contributed by atoms with E-state index in [1.54, 1.807) is 0 Å². The Morgan fingerprint density at radius 2 is 2.18 bits per heavy atom. The molecule has 1 atom stereocenters. The van der Waals surface area contributed by atoms with Crippen LogP contribution < -0.4 is 11.1 Å². The lowest BCUT2D eigenvalue weighted by atomic mass is 9.90. The van der Waals surface area contributed by atoms with Gasteiger partial charge in [0.1, 0.15) is 0 Å². The van der Waals surface area contributed by atoms with Crippen LogP contribution >= 0.6 is 0 Å². The van der Waals surface area contributed by atoms with Gasteiger partial charge in [-0.2, -0.15) is 0 Å². The maximum Gasteiger partial charge on any atom is 0.220 e. The molecule has 5 heteroatoms. The number of nitrogens with two attached hydrogens (primary N) is 1. The van der Waals surface area contributed by atoms with Crippen molar-refractivity contribution in [1.29, 1.82) is 0 Å². The third kappa shape index (κ3) is 5.02. The zero-order chi connectivity index (χ0) is 12.7. The third-order valence-corrected chi connectivity index (χ3v) is 3.22. The second-order valence-corrected chi connectivity index (χ2v) is 4.97. The molecule has 0 aliphatic carbocycles. The summed E-state index contributed by atoms with van der Waals surface area (Å²) in [6.07, 6.45) is 3.49. The monoisotopic (exact) mass is 244 g/mol. The van der Waals surface area contributed by atoms with Crippen molar-refractivity contribution in [3.63, 3.8) is 0 Å². The number of hydrogen-bond acceptors (Lipinski definition) is 4. The van der Waals surface area contributed by atoms with Crippen molar-refractivity contribution in [3.8, 4) is 0 Å². The van der Waals surface area contributed by atoms with E-state index in [1.165, 1.54) is 0 Å². The summed E-state index contributed by atoms with van der Waals surface area (Å²) in [4.78, 5) is 11.8. The van der Waals surface area contributed by atoms with Crippen molar-refractivity contribution >= 4 is 5.91 Å². The van der Waals surface area contributed by atoms with Crippen LogP contribution in [0.25, 0.3) is 0 Å². The molecule has 0 radical (unpaired) electrons. The molecule has 1 saturated heterocycles. The fourth-order valence-electron chi connectivity index (χ4n) is 2.03. The number of aliphatic hydroxyl groups is 1. The SMILES string of the molecule is CC(N)CCCC(=O)NC1(CO)CCOCC1. The lowest BCUT2D eigenvalue weighted by Crippen LogP contribution is -2.54. The quantitative estimate of drug-likeness (QED) is 0.621. The fourth-order valence-corrected chi connectivity index (χ4v) is 2.03. The zero-order valence-corrected chi connectivity index (χ0v) is 10.6. The van der Waals surface area contributed by atoms with E-state index < -0.39 is 5.54 Å². The summed E-state index contributed by atoms with van der Waals surface area (Å²) >= 11 is 0. The smallest absolute Gasteiger partial charge is 0.220 e. The number of ether oxygens (including phenoxy) is 1. The Kier molecular flexibility index (Phi) is 5.88. The molecular weight excluding hydrogens is 220 g/mol. The molecular formula is C12H24N2O3. The highest BCUT2D eigenvalue weighted by molar-refractivity contribution is 5.76. The van der Waals surface area contributed by atoms with E-state index in [-0.39, 0.29) is 18.6 Å². The van der Waals surface area contributed by atoms with Gasteiger partial charge < -0.3 is 20.9 Å².